The maximum absolute atomic E-state index is 8.88. The molecule has 0 aromatic carbocycles. The molecule has 0 atom stereocenters. The van der Waals surface area contributed by atoms with Crippen LogP contribution in [0.15, 0.2) is 0 Å². The second-order valence-electron chi connectivity index (χ2n) is 1.82. The summed E-state index contributed by atoms with van der Waals surface area (Å²) in [4.78, 5) is 21.6. The van der Waals surface area contributed by atoms with E-state index in [4.69, 9.17) is 79.5 Å². The Morgan fingerprint density at radius 1 is 0.600 bits per heavy atom. The summed E-state index contributed by atoms with van der Waals surface area (Å²) in [5, 5.41) is 91.0. The minimum atomic E-state index is -4.64. The molecule has 0 heterocycles. The fourth-order valence-electron chi connectivity index (χ4n) is 0. The molecule has 0 amide bonds. The van der Waals surface area contributed by atoms with Crippen molar-refractivity contribution < 1.29 is 220 Å². The van der Waals surface area contributed by atoms with E-state index in [-0.39, 0.29) is 140 Å². The quantitative estimate of drug-likeness (QED) is 0.121. The van der Waals surface area contributed by atoms with Crippen molar-refractivity contribution in [1.29, 1.82) is 0 Å². The van der Waals surface area contributed by atoms with Gasteiger partial charge in [0.25, 0.3) is 0 Å². The summed E-state index contributed by atoms with van der Waals surface area (Å²) in [7, 11) is -14.3. The van der Waals surface area contributed by atoms with Gasteiger partial charge in [0.1, 0.15) is 0 Å². The average Bonchev–Trinajstić information content (AvgIpc) is 1.91. The van der Waals surface area contributed by atoms with Crippen LogP contribution in [0.1, 0.15) is 0 Å². The SMILES string of the molecule is O=P(O)(O)O.OB(O)O.OB(O)O.[K+].[Na+].[Na+].[Na+].[O-]B(O)O.[O-]B([O-])[O-]. The molecule has 25 heavy (non-hydrogen) atoms. The first-order valence-electron chi connectivity index (χ1n) is 3.79. The Bertz CT molecular complexity index is 172. The molecule has 0 radical (unpaired) electrons. The van der Waals surface area contributed by atoms with E-state index in [9.17, 15) is 0 Å². The molecule has 0 aliphatic rings. The summed E-state index contributed by atoms with van der Waals surface area (Å²) in [6, 6.07) is 0. The Kier molecular flexibility index (Phi) is 97.2. The topological polar surface area (TPSA) is 332 Å². The van der Waals surface area contributed by atoms with Crippen molar-refractivity contribution in [3.05, 3.63) is 0 Å². The summed E-state index contributed by atoms with van der Waals surface area (Å²) in [6.45, 7) is 0. The van der Waals surface area contributed by atoms with Gasteiger partial charge in [0, 0.05) is 0 Å². The first-order valence-corrected chi connectivity index (χ1v) is 5.36. The second kappa shape index (κ2) is 42.6. The Morgan fingerprint density at radius 2 is 0.600 bits per heavy atom. The number of rotatable bonds is 0. The van der Waals surface area contributed by atoms with E-state index < -0.39 is 37.1 Å². The fourth-order valence-corrected chi connectivity index (χ4v) is 0. The standard InChI is InChI=1S/2BH3O3.BH2O3.BO3.K.3Na.H3O4P/c4*2-1(3)4;;;;;1-5(2,3)4/h2*2-4H;2-3H;;;;;;(H3,1,2,3,4)/q;;-1;-3;4*+1;. The maximum atomic E-state index is 8.88. The van der Waals surface area contributed by atoms with Crippen molar-refractivity contribution in [2.75, 3.05) is 0 Å². The molecule has 0 aliphatic carbocycles. The van der Waals surface area contributed by atoms with Crippen LogP contribution in [-0.4, -0.2) is 84.2 Å². The molecule has 0 fully saturated rings. The average molecular weight is 449 g/mol. The molecule has 0 aliphatic heterocycles. The Labute approximate surface area is 252 Å². The number of hydrogen-bond acceptors (Lipinski definition) is 13. The van der Waals surface area contributed by atoms with Gasteiger partial charge in [0.05, 0.1) is 0 Å². The predicted octanol–water partition coefficient (Wildman–Crippen LogP) is -23.6. The number of hydrogen-bond donors (Lipinski definition) is 11. The van der Waals surface area contributed by atoms with E-state index >= 15 is 0 Å². The molecule has 25 heteroatoms. The minimum absolute atomic E-state index is 0. The summed E-state index contributed by atoms with van der Waals surface area (Å²) in [5.74, 6) is 0. The zero-order valence-electron chi connectivity index (χ0n) is 13.7. The zero-order valence-corrected chi connectivity index (χ0v) is 23.7. The van der Waals surface area contributed by atoms with E-state index in [0.717, 1.165) is 0 Å². The van der Waals surface area contributed by atoms with Crippen LogP contribution in [0.4, 0.5) is 0 Å². The van der Waals surface area contributed by atoms with Crippen LogP contribution in [0.2, 0.25) is 0 Å². The van der Waals surface area contributed by atoms with Crippen molar-refractivity contribution in [3.8, 4) is 0 Å². The summed E-state index contributed by atoms with van der Waals surface area (Å²) in [5.41, 5.74) is 0. The van der Waals surface area contributed by atoms with Gasteiger partial charge in [-0.15, -0.1) is 0 Å². The molecular weight excluding hydrogens is 438 g/mol. The summed E-state index contributed by atoms with van der Waals surface area (Å²) < 4.78 is 8.88. The monoisotopic (exact) mass is 450 g/mol. The van der Waals surface area contributed by atoms with Crippen LogP contribution in [0.3, 0.4) is 0 Å². The van der Waals surface area contributed by atoms with Crippen LogP contribution in [0, 0.1) is 0 Å². The van der Waals surface area contributed by atoms with Gasteiger partial charge in [-0.1, -0.05) is 0 Å². The van der Waals surface area contributed by atoms with Gasteiger partial charge in [0.15, 0.2) is 0 Å². The third-order valence-electron chi connectivity index (χ3n) is 0. The predicted molar refractivity (Wildman–Crippen MR) is 55.0 cm³/mol. The van der Waals surface area contributed by atoms with Gasteiger partial charge in [-0.25, -0.2) is 4.57 Å². The summed E-state index contributed by atoms with van der Waals surface area (Å²) >= 11 is 0. The zero-order chi connectivity index (χ0) is 18.8. The van der Waals surface area contributed by atoms with Gasteiger partial charge < -0.3 is 75.0 Å². The van der Waals surface area contributed by atoms with Gasteiger partial charge in [-0.05, 0) is 0 Å². The van der Waals surface area contributed by atoms with Gasteiger partial charge in [0.2, 0.25) is 0 Å². The first-order chi connectivity index (χ1) is 8.93. The van der Waals surface area contributed by atoms with E-state index in [2.05, 4.69) is 0 Å². The Balaban J connectivity index is -0.0000000176. The van der Waals surface area contributed by atoms with Crippen LogP contribution >= 0.6 is 7.82 Å². The molecule has 0 unspecified atom stereocenters. The van der Waals surface area contributed by atoms with Crippen LogP contribution in [-0.2, 0) is 4.57 Å². The van der Waals surface area contributed by atoms with Crippen LogP contribution in [0.5, 0.6) is 0 Å². The van der Waals surface area contributed by atoms with Gasteiger partial charge >= 0.3 is 170 Å². The van der Waals surface area contributed by atoms with Crippen molar-refractivity contribution in [3.63, 3.8) is 0 Å². The smallest absolute Gasteiger partial charge is 0.907 e. The van der Waals surface area contributed by atoms with Gasteiger partial charge in [-0.2, -0.15) is 0 Å². The molecule has 0 rings (SSSR count). The molecule has 0 bridgehead atoms. The third-order valence-corrected chi connectivity index (χ3v) is 0. The summed E-state index contributed by atoms with van der Waals surface area (Å²) in [6.07, 6.45) is 0. The molecule has 0 aromatic heterocycles. The minimum Gasteiger partial charge on any atom is -0.907 e. The Morgan fingerprint density at radius 3 is 0.600 bits per heavy atom. The molecule has 0 aromatic rings. The number of phosphoric acid groups is 1. The van der Waals surface area contributed by atoms with E-state index in [1.54, 1.807) is 0 Å². The van der Waals surface area contributed by atoms with Crippen molar-refractivity contribution in [2.24, 2.45) is 0 Å². The van der Waals surface area contributed by atoms with E-state index in [0.29, 0.717) is 0 Å². The maximum Gasteiger partial charge on any atom is 1.00 e. The van der Waals surface area contributed by atoms with Gasteiger partial charge in [-0.3, -0.25) is 7.32 Å². The first kappa shape index (κ1) is 57.0. The fraction of sp³-hybridized carbons (Fsp3) is 0. The molecule has 0 saturated heterocycles. The molecule has 16 nitrogen and oxygen atoms in total. The molecule has 0 spiro atoms. The molecule has 128 valence electrons. The van der Waals surface area contributed by atoms with Crippen molar-refractivity contribution >= 4 is 37.1 Å². The van der Waals surface area contributed by atoms with Crippen LogP contribution < -0.4 is 160 Å². The van der Waals surface area contributed by atoms with E-state index in [1.165, 1.54) is 0 Å². The second-order valence-corrected chi connectivity index (χ2v) is 2.85. The molecule has 11 N–H and O–H groups in total. The van der Waals surface area contributed by atoms with Crippen LogP contribution in [0.25, 0.3) is 0 Å². The molecule has 0 saturated carbocycles. The van der Waals surface area contributed by atoms with E-state index in [1.807, 2.05) is 0 Å². The largest absolute Gasteiger partial charge is 1.00 e. The third kappa shape index (κ3) is 980. The van der Waals surface area contributed by atoms with Crippen molar-refractivity contribution in [2.45, 2.75) is 0 Å². The van der Waals surface area contributed by atoms with Crippen molar-refractivity contribution in [1.82, 2.24) is 0 Å². The normalized spacial score (nSPS) is 6.68. The molecular formula is H11B4KNa3O16P. The Hall–Kier alpha value is 4.53.